The fourth-order valence-corrected chi connectivity index (χ4v) is 2.32. The molecule has 2 unspecified atom stereocenters. The van der Waals surface area contributed by atoms with Gasteiger partial charge in [-0.25, -0.2) is 4.79 Å². The van der Waals surface area contributed by atoms with Crippen LogP contribution in [0.1, 0.15) is 30.5 Å². The third kappa shape index (κ3) is 10.2. The number of aliphatic hydroxyl groups excluding tert-OH is 1. The van der Waals surface area contributed by atoms with E-state index in [0.29, 0.717) is 0 Å². The minimum Gasteiger partial charge on any atom is -0.497 e. The zero-order valence-electron chi connectivity index (χ0n) is 16.2. The highest BCUT2D eigenvalue weighted by molar-refractivity contribution is 5.65. The van der Waals surface area contributed by atoms with Crippen LogP contribution in [-0.2, 0) is 0 Å². The molecule has 1 aliphatic rings. The van der Waals surface area contributed by atoms with Gasteiger partial charge in [-0.15, -0.1) is 0 Å². The van der Waals surface area contributed by atoms with Crippen LogP contribution in [0, 0.1) is 6.92 Å². The van der Waals surface area contributed by atoms with E-state index in [1.165, 1.54) is 5.56 Å². The molecule has 27 heavy (non-hydrogen) atoms. The van der Waals surface area contributed by atoms with Crippen molar-refractivity contribution in [2.24, 2.45) is 0 Å². The van der Waals surface area contributed by atoms with Crippen LogP contribution in [0.2, 0.25) is 0 Å². The molecule has 4 N–H and O–H groups in total. The van der Waals surface area contributed by atoms with Crippen LogP contribution >= 0.6 is 0 Å². The number of β-amino-alcohol motifs (C(OH)–C–C–N with tert-alkyl or cyclic N) is 1. The van der Waals surface area contributed by atoms with E-state index < -0.39 is 6.09 Å². The number of hydrogen-bond acceptors (Lipinski definition) is 4. The minimum atomic E-state index is -0.994. The highest BCUT2D eigenvalue weighted by atomic mass is 16.5. The van der Waals surface area contributed by atoms with Gasteiger partial charge in [0.2, 0.25) is 0 Å². The molecule has 148 valence electrons. The van der Waals surface area contributed by atoms with Crippen molar-refractivity contribution in [1.29, 1.82) is 0 Å². The second kappa shape index (κ2) is 12.7. The van der Waals surface area contributed by atoms with Gasteiger partial charge >= 0.3 is 6.09 Å². The molecule has 0 saturated carbocycles. The summed E-state index contributed by atoms with van der Waals surface area (Å²) in [5.41, 5.74) is 2.23. The SMILES string of the molecule is CC(NC(=O)O)c1ccccc1.COc1ccc(C)cc1.OC1CCNC1. The lowest BCUT2D eigenvalue weighted by Gasteiger charge is -2.10. The molecular formula is C21H30N2O4. The molecule has 0 bridgehead atoms. The van der Waals surface area contributed by atoms with Crippen LogP contribution in [-0.4, -0.2) is 42.6 Å². The molecule has 0 spiro atoms. The maximum atomic E-state index is 10.3. The van der Waals surface area contributed by atoms with E-state index in [2.05, 4.69) is 17.6 Å². The van der Waals surface area contributed by atoms with E-state index in [1.54, 1.807) is 7.11 Å². The van der Waals surface area contributed by atoms with Crippen LogP contribution in [0.15, 0.2) is 54.6 Å². The quantitative estimate of drug-likeness (QED) is 0.661. The molecule has 2 aromatic carbocycles. The van der Waals surface area contributed by atoms with Crippen molar-refractivity contribution in [1.82, 2.24) is 10.6 Å². The maximum absolute atomic E-state index is 10.3. The first-order chi connectivity index (χ1) is 12.9. The number of nitrogens with one attached hydrogen (secondary N) is 2. The van der Waals surface area contributed by atoms with Gasteiger partial charge in [0, 0.05) is 6.54 Å². The Bertz CT molecular complexity index is 641. The highest BCUT2D eigenvalue weighted by Gasteiger charge is 2.08. The molecule has 2 atom stereocenters. The lowest BCUT2D eigenvalue weighted by Crippen LogP contribution is -2.24. The zero-order valence-corrected chi connectivity index (χ0v) is 16.2. The van der Waals surface area contributed by atoms with Gasteiger partial charge < -0.3 is 25.6 Å². The lowest BCUT2D eigenvalue weighted by atomic mass is 10.1. The third-order valence-corrected chi connectivity index (χ3v) is 3.93. The van der Waals surface area contributed by atoms with E-state index in [-0.39, 0.29) is 12.1 Å². The molecule has 1 amide bonds. The Balaban J connectivity index is 0.000000214. The van der Waals surface area contributed by atoms with Crippen molar-refractivity contribution in [3.8, 4) is 5.75 Å². The van der Waals surface area contributed by atoms with Gasteiger partial charge in [0.05, 0.1) is 19.3 Å². The van der Waals surface area contributed by atoms with Crippen LogP contribution in [0.5, 0.6) is 5.75 Å². The summed E-state index contributed by atoms with van der Waals surface area (Å²) in [6, 6.07) is 17.3. The molecule has 6 nitrogen and oxygen atoms in total. The predicted octanol–water partition coefficient (Wildman–Crippen LogP) is 3.36. The lowest BCUT2D eigenvalue weighted by molar-refractivity contribution is 0.191. The molecule has 1 fully saturated rings. The monoisotopic (exact) mass is 374 g/mol. The largest absolute Gasteiger partial charge is 0.497 e. The van der Waals surface area contributed by atoms with Crippen molar-refractivity contribution >= 4 is 6.09 Å². The number of rotatable bonds is 3. The fraction of sp³-hybridized carbons (Fsp3) is 0.381. The Kier molecular flexibility index (Phi) is 10.6. The summed E-state index contributed by atoms with van der Waals surface area (Å²) < 4.78 is 4.97. The topological polar surface area (TPSA) is 90.8 Å². The summed E-state index contributed by atoms with van der Waals surface area (Å²) in [6.45, 7) is 5.64. The molecule has 0 aliphatic carbocycles. The Hall–Kier alpha value is -2.57. The number of benzene rings is 2. The van der Waals surface area contributed by atoms with Gasteiger partial charge in [-0.05, 0) is 44.5 Å². The summed E-state index contributed by atoms with van der Waals surface area (Å²) in [4.78, 5) is 10.3. The Morgan fingerprint density at radius 1 is 1.19 bits per heavy atom. The summed E-state index contributed by atoms with van der Waals surface area (Å²) in [6.07, 6.45) is -0.128. The normalized spacial score (nSPS) is 16.1. The summed E-state index contributed by atoms with van der Waals surface area (Å²) in [5.74, 6) is 0.917. The van der Waals surface area contributed by atoms with Crippen molar-refractivity contribution < 1.29 is 19.7 Å². The molecule has 1 heterocycles. The third-order valence-electron chi connectivity index (χ3n) is 3.93. The van der Waals surface area contributed by atoms with E-state index >= 15 is 0 Å². The number of carbonyl (C=O) groups is 1. The van der Waals surface area contributed by atoms with Crippen LogP contribution in [0.3, 0.4) is 0 Å². The first-order valence-electron chi connectivity index (χ1n) is 8.96. The first-order valence-corrected chi connectivity index (χ1v) is 8.96. The van der Waals surface area contributed by atoms with Crippen LogP contribution < -0.4 is 15.4 Å². The number of aliphatic hydroxyl groups is 1. The average molecular weight is 374 g/mol. The fourth-order valence-electron chi connectivity index (χ4n) is 2.32. The molecular weight excluding hydrogens is 344 g/mol. The van der Waals surface area contributed by atoms with Crippen LogP contribution in [0.4, 0.5) is 4.79 Å². The van der Waals surface area contributed by atoms with Crippen molar-refractivity contribution in [2.45, 2.75) is 32.4 Å². The summed E-state index contributed by atoms with van der Waals surface area (Å²) in [5, 5.41) is 22.5. The molecule has 0 radical (unpaired) electrons. The summed E-state index contributed by atoms with van der Waals surface area (Å²) >= 11 is 0. The Morgan fingerprint density at radius 3 is 2.22 bits per heavy atom. The Labute approximate surface area is 161 Å². The Morgan fingerprint density at radius 2 is 1.81 bits per heavy atom. The predicted molar refractivity (Wildman–Crippen MR) is 107 cm³/mol. The minimum absolute atomic E-state index is 0.0648. The van der Waals surface area contributed by atoms with Crippen molar-refractivity contribution in [3.63, 3.8) is 0 Å². The van der Waals surface area contributed by atoms with Crippen molar-refractivity contribution in [3.05, 3.63) is 65.7 Å². The zero-order chi connectivity index (χ0) is 20.1. The van der Waals surface area contributed by atoms with Gasteiger partial charge in [0.25, 0.3) is 0 Å². The second-order valence-electron chi connectivity index (χ2n) is 6.25. The van der Waals surface area contributed by atoms with Crippen LogP contribution in [0.25, 0.3) is 0 Å². The first kappa shape index (κ1) is 22.5. The van der Waals surface area contributed by atoms with E-state index in [0.717, 1.165) is 30.8 Å². The molecule has 3 rings (SSSR count). The number of methoxy groups -OCH3 is 1. The average Bonchev–Trinajstić information content (AvgIpc) is 3.15. The van der Waals surface area contributed by atoms with Crippen molar-refractivity contribution in [2.75, 3.05) is 20.2 Å². The number of hydrogen-bond donors (Lipinski definition) is 4. The smallest absolute Gasteiger partial charge is 0.405 e. The standard InChI is InChI=1S/C9H11NO2.C8H10O.C4H9NO/c1-7(10-9(11)12)8-5-3-2-4-6-8;1-7-3-5-8(9-2)6-4-7;6-4-1-2-5-3-4/h2-7,10H,1H3,(H,11,12);3-6H,1-2H3;4-6H,1-3H2. The van der Waals surface area contributed by atoms with Gasteiger partial charge in [0.1, 0.15) is 5.75 Å². The molecule has 1 saturated heterocycles. The van der Waals surface area contributed by atoms with Gasteiger partial charge in [0.15, 0.2) is 0 Å². The number of aryl methyl sites for hydroxylation is 1. The molecule has 0 aromatic heterocycles. The van der Waals surface area contributed by atoms with E-state index in [9.17, 15) is 4.79 Å². The van der Waals surface area contributed by atoms with E-state index in [4.69, 9.17) is 14.9 Å². The highest BCUT2D eigenvalue weighted by Crippen LogP contribution is 2.10. The van der Waals surface area contributed by atoms with Gasteiger partial charge in [-0.3, -0.25) is 0 Å². The summed E-state index contributed by atoms with van der Waals surface area (Å²) in [7, 11) is 1.67. The molecule has 6 heteroatoms. The maximum Gasteiger partial charge on any atom is 0.405 e. The number of ether oxygens (including phenoxy) is 1. The number of amides is 1. The van der Waals surface area contributed by atoms with Gasteiger partial charge in [-0.2, -0.15) is 0 Å². The second-order valence-corrected chi connectivity index (χ2v) is 6.25. The number of carboxylic acid groups (broad SMARTS) is 1. The molecule has 1 aliphatic heterocycles. The van der Waals surface area contributed by atoms with E-state index in [1.807, 2.05) is 61.5 Å². The molecule has 2 aromatic rings. The van der Waals surface area contributed by atoms with Gasteiger partial charge in [-0.1, -0.05) is 48.0 Å².